The molecule has 2 aromatic rings. The quantitative estimate of drug-likeness (QED) is 0.863. The molecule has 0 saturated carbocycles. The minimum Gasteiger partial charge on any atom is -0.396 e. The first-order valence-corrected chi connectivity index (χ1v) is 7.48. The van der Waals surface area contributed by atoms with Gasteiger partial charge < -0.3 is 5.11 Å². The van der Waals surface area contributed by atoms with Crippen molar-refractivity contribution < 1.29 is 9.50 Å². The van der Waals surface area contributed by atoms with Gasteiger partial charge in [0.1, 0.15) is 5.82 Å². The Morgan fingerprint density at radius 1 is 1.10 bits per heavy atom. The van der Waals surface area contributed by atoms with E-state index in [-0.39, 0.29) is 18.3 Å². The van der Waals surface area contributed by atoms with E-state index >= 15 is 0 Å². The lowest BCUT2D eigenvalue weighted by Crippen LogP contribution is -2.13. The monoisotopic (exact) mass is 336 g/mol. The summed E-state index contributed by atoms with van der Waals surface area (Å²) >= 11 is 3.43. The molecule has 0 fully saturated rings. The van der Waals surface area contributed by atoms with Gasteiger partial charge in [0.25, 0.3) is 0 Å². The smallest absolute Gasteiger partial charge is 0.123 e. The molecule has 0 amide bonds. The highest BCUT2D eigenvalue weighted by atomic mass is 79.9. The SMILES string of the molecule is Cc1ccc(CC(CO)Cc2cc(F)ccc2Br)cc1. The molecule has 1 nitrogen and oxygen atoms in total. The number of benzene rings is 2. The van der Waals surface area contributed by atoms with Crippen molar-refractivity contribution in [3.8, 4) is 0 Å². The van der Waals surface area contributed by atoms with Crippen LogP contribution in [0.5, 0.6) is 0 Å². The van der Waals surface area contributed by atoms with E-state index in [0.717, 1.165) is 16.5 Å². The van der Waals surface area contributed by atoms with Crippen molar-refractivity contribution >= 4 is 15.9 Å². The maximum absolute atomic E-state index is 13.3. The first-order valence-electron chi connectivity index (χ1n) is 6.69. The van der Waals surface area contributed by atoms with E-state index in [9.17, 15) is 9.50 Å². The summed E-state index contributed by atoms with van der Waals surface area (Å²) in [5.74, 6) is -0.147. The summed E-state index contributed by atoms with van der Waals surface area (Å²) in [6.45, 7) is 2.15. The average molecular weight is 337 g/mol. The molecule has 1 atom stereocenters. The van der Waals surface area contributed by atoms with Crippen molar-refractivity contribution in [3.63, 3.8) is 0 Å². The minimum atomic E-state index is -0.241. The molecule has 1 unspecified atom stereocenters. The van der Waals surface area contributed by atoms with Crippen molar-refractivity contribution in [2.75, 3.05) is 6.61 Å². The van der Waals surface area contributed by atoms with E-state index in [2.05, 4.69) is 47.1 Å². The number of hydrogen-bond acceptors (Lipinski definition) is 1. The number of aryl methyl sites for hydroxylation is 1. The van der Waals surface area contributed by atoms with Gasteiger partial charge in [-0.05, 0) is 55.0 Å². The Morgan fingerprint density at radius 2 is 1.80 bits per heavy atom. The molecule has 20 heavy (non-hydrogen) atoms. The molecule has 0 radical (unpaired) electrons. The Morgan fingerprint density at radius 3 is 2.45 bits per heavy atom. The molecule has 0 heterocycles. The van der Waals surface area contributed by atoms with Crippen LogP contribution >= 0.6 is 15.9 Å². The molecule has 0 aliphatic rings. The molecular formula is C17H18BrFO. The third kappa shape index (κ3) is 4.15. The molecule has 0 spiro atoms. The van der Waals surface area contributed by atoms with Crippen LogP contribution in [0.1, 0.15) is 16.7 Å². The van der Waals surface area contributed by atoms with Gasteiger partial charge in [0.05, 0.1) is 0 Å². The zero-order valence-corrected chi connectivity index (χ0v) is 13.0. The van der Waals surface area contributed by atoms with Crippen LogP contribution < -0.4 is 0 Å². The lowest BCUT2D eigenvalue weighted by molar-refractivity contribution is 0.224. The number of aliphatic hydroxyl groups excluding tert-OH is 1. The normalized spacial score (nSPS) is 12.4. The van der Waals surface area contributed by atoms with Crippen molar-refractivity contribution in [1.29, 1.82) is 0 Å². The topological polar surface area (TPSA) is 20.2 Å². The second-order valence-electron chi connectivity index (χ2n) is 5.18. The summed E-state index contributed by atoms with van der Waals surface area (Å²) in [6, 6.07) is 13.0. The number of aliphatic hydroxyl groups is 1. The Balaban J connectivity index is 2.08. The second-order valence-corrected chi connectivity index (χ2v) is 6.03. The summed E-state index contributed by atoms with van der Waals surface area (Å²) < 4.78 is 14.2. The molecule has 106 valence electrons. The molecule has 3 heteroatoms. The van der Waals surface area contributed by atoms with Gasteiger partial charge in [-0.25, -0.2) is 4.39 Å². The molecular weight excluding hydrogens is 319 g/mol. The summed E-state index contributed by atoms with van der Waals surface area (Å²) in [6.07, 6.45) is 1.45. The fourth-order valence-electron chi connectivity index (χ4n) is 2.27. The number of rotatable bonds is 5. The number of hydrogen-bond donors (Lipinski definition) is 1. The Hall–Kier alpha value is -1.19. The van der Waals surface area contributed by atoms with E-state index in [1.54, 1.807) is 6.07 Å². The van der Waals surface area contributed by atoms with Crippen LogP contribution in [0.3, 0.4) is 0 Å². The van der Waals surface area contributed by atoms with Gasteiger partial charge in [0.15, 0.2) is 0 Å². The largest absolute Gasteiger partial charge is 0.396 e. The van der Waals surface area contributed by atoms with Crippen LogP contribution in [0.2, 0.25) is 0 Å². The second kappa shape index (κ2) is 7.00. The molecule has 0 bridgehead atoms. The van der Waals surface area contributed by atoms with Crippen LogP contribution in [-0.4, -0.2) is 11.7 Å². The maximum Gasteiger partial charge on any atom is 0.123 e. The third-order valence-corrected chi connectivity index (χ3v) is 4.19. The van der Waals surface area contributed by atoms with Gasteiger partial charge in [0, 0.05) is 11.1 Å². The molecule has 0 saturated heterocycles. The highest BCUT2D eigenvalue weighted by Gasteiger charge is 2.12. The van der Waals surface area contributed by atoms with Gasteiger partial charge in [-0.15, -0.1) is 0 Å². The van der Waals surface area contributed by atoms with E-state index < -0.39 is 0 Å². The highest BCUT2D eigenvalue weighted by molar-refractivity contribution is 9.10. The molecule has 1 N–H and O–H groups in total. The van der Waals surface area contributed by atoms with Crippen LogP contribution in [-0.2, 0) is 12.8 Å². The Kier molecular flexibility index (Phi) is 5.32. The van der Waals surface area contributed by atoms with E-state index in [4.69, 9.17) is 0 Å². The molecule has 0 aliphatic heterocycles. The summed E-state index contributed by atoms with van der Waals surface area (Å²) in [5, 5.41) is 9.55. The Bertz CT molecular complexity index is 566. The lowest BCUT2D eigenvalue weighted by Gasteiger charge is -2.15. The Labute approximate surface area is 127 Å². The predicted molar refractivity (Wildman–Crippen MR) is 83.3 cm³/mol. The summed E-state index contributed by atoms with van der Waals surface area (Å²) in [7, 11) is 0. The molecule has 0 aliphatic carbocycles. The molecule has 2 rings (SSSR count). The van der Waals surface area contributed by atoms with Gasteiger partial charge in [-0.3, -0.25) is 0 Å². The summed E-state index contributed by atoms with van der Waals surface area (Å²) in [5.41, 5.74) is 3.32. The highest BCUT2D eigenvalue weighted by Crippen LogP contribution is 2.23. The van der Waals surface area contributed by atoms with E-state index in [1.807, 2.05) is 0 Å². The summed E-state index contributed by atoms with van der Waals surface area (Å²) in [4.78, 5) is 0. The van der Waals surface area contributed by atoms with Crippen LogP contribution in [0, 0.1) is 18.7 Å². The van der Waals surface area contributed by atoms with Gasteiger partial charge in [-0.1, -0.05) is 45.8 Å². The fraction of sp³-hybridized carbons (Fsp3) is 0.294. The van der Waals surface area contributed by atoms with Gasteiger partial charge in [-0.2, -0.15) is 0 Å². The zero-order chi connectivity index (χ0) is 14.5. The minimum absolute atomic E-state index is 0.0933. The van der Waals surface area contributed by atoms with Gasteiger partial charge >= 0.3 is 0 Å². The third-order valence-electron chi connectivity index (χ3n) is 3.42. The molecule has 0 aromatic heterocycles. The zero-order valence-electron chi connectivity index (χ0n) is 11.4. The van der Waals surface area contributed by atoms with Crippen molar-refractivity contribution in [3.05, 3.63) is 69.4 Å². The standard InChI is InChI=1S/C17H18BrFO/c1-12-2-4-13(5-3-12)8-14(11-20)9-15-10-16(19)6-7-17(15)18/h2-7,10,14,20H,8-9,11H2,1H3. The first-order chi connectivity index (χ1) is 9.58. The van der Waals surface area contributed by atoms with Crippen LogP contribution in [0.25, 0.3) is 0 Å². The van der Waals surface area contributed by atoms with E-state index in [0.29, 0.717) is 6.42 Å². The predicted octanol–water partition coefficient (Wildman–Crippen LogP) is 4.29. The maximum atomic E-state index is 13.3. The van der Waals surface area contributed by atoms with Crippen molar-refractivity contribution in [2.24, 2.45) is 5.92 Å². The number of halogens is 2. The first kappa shape index (κ1) is 15.2. The van der Waals surface area contributed by atoms with Crippen molar-refractivity contribution in [1.82, 2.24) is 0 Å². The van der Waals surface area contributed by atoms with Gasteiger partial charge in [0.2, 0.25) is 0 Å². The van der Waals surface area contributed by atoms with Crippen molar-refractivity contribution in [2.45, 2.75) is 19.8 Å². The fourth-order valence-corrected chi connectivity index (χ4v) is 2.68. The average Bonchev–Trinajstić information content (AvgIpc) is 2.44. The molecule has 2 aromatic carbocycles. The van der Waals surface area contributed by atoms with Crippen LogP contribution in [0.4, 0.5) is 4.39 Å². The van der Waals surface area contributed by atoms with Crippen LogP contribution in [0.15, 0.2) is 46.9 Å². The lowest BCUT2D eigenvalue weighted by atomic mass is 9.93. The van der Waals surface area contributed by atoms with E-state index in [1.165, 1.54) is 23.3 Å².